The molecule has 4 aromatic rings. The van der Waals surface area contributed by atoms with E-state index in [2.05, 4.69) is 43.5 Å². The summed E-state index contributed by atoms with van der Waals surface area (Å²) in [5.41, 5.74) is 6.36. The van der Waals surface area contributed by atoms with Gasteiger partial charge in [-0.3, -0.25) is 9.97 Å². The first kappa shape index (κ1) is 27.5. The average molecular weight is 534 g/mol. The number of halogens is 3. The number of fused-ring (bicyclic) bond motifs is 2. The van der Waals surface area contributed by atoms with E-state index in [1.54, 1.807) is 24.5 Å². The molecule has 0 aliphatic rings. The van der Waals surface area contributed by atoms with Crippen LogP contribution in [0.4, 0.5) is 0 Å². The number of benzene rings is 2. The molecule has 6 nitrogen and oxygen atoms in total. The molecule has 0 saturated heterocycles. The summed E-state index contributed by atoms with van der Waals surface area (Å²) in [6.45, 7) is 3.87. The minimum absolute atomic E-state index is 0.0570. The fourth-order valence-corrected chi connectivity index (χ4v) is 3.34. The number of pyridine rings is 2. The lowest BCUT2D eigenvalue weighted by Crippen LogP contribution is -1.90. The molecular weight excluding hydrogens is 515 g/mol. The van der Waals surface area contributed by atoms with Crippen molar-refractivity contribution in [3.63, 3.8) is 0 Å². The summed E-state index contributed by atoms with van der Waals surface area (Å²) in [6, 6.07) is 15.5. The number of aryl methyl sites for hydroxylation is 2. The van der Waals surface area contributed by atoms with Gasteiger partial charge in [-0.05, 0) is 72.5 Å². The van der Waals surface area contributed by atoms with E-state index in [1.807, 2.05) is 38.1 Å². The zero-order valence-electron chi connectivity index (χ0n) is 18.2. The van der Waals surface area contributed by atoms with Crippen molar-refractivity contribution in [2.24, 2.45) is 0 Å². The third-order valence-corrected chi connectivity index (χ3v) is 4.85. The van der Waals surface area contributed by atoms with Crippen LogP contribution in [0.5, 0.6) is 0 Å². The minimum Gasteiger partial charge on any atom is -0.392 e. The van der Waals surface area contributed by atoms with Crippen LogP contribution in [-0.2, 0) is 21.7 Å². The lowest BCUT2D eigenvalue weighted by Gasteiger charge is -2.03. The molecule has 4 rings (SSSR count). The minimum atomic E-state index is -1.67. The molecule has 34 heavy (non-hydrogen) atoms. The van der Waals surface area contributed by atoms with Gasteiger partial charge in [-0.2, -0.15) is 10.5 Å². The van der Waals surface area contributed by atoms with Crippen LogP contribution in [0.25, 0.3) is 21.8 Å². The van der Waals surface area contributed by atoms with Gasteiger partial charge in [-0.15, -0.1) is 11.6 Å². The SMILES string of the molecule is Cc1cnc2c(C#N)cc(CCl)cc2c1.Cc1cnc2c(C#N)cc(CO)cc2c1.O=S(Cl)Cl. The Morgan fingerprint density at radius 1 is 0.853 bits per heavy atom. The maximum Gasteiger partial charge on any atom is 0.211 e. The summed E-state index contributed by atoms with van der Waals surface area (Å²) in [6.07, 6.45) is 3.51. The quantitative estimate of drug-likeness (QED) is 0.246. The zero-order valence-corrected chi connectivity index (χ0v) is 21.3. The monoisotopic (exact) mass is 532 g/mol. The summed E-state index contributed by atoms with van der Waals surface area (Å²) in [4.78, 5) is 8.48. The molecule has 2 heterocycles. The summed E-state index contributed by atoms with van der Waals surface area (Å²) in [7, 11) is 7.36. The number of hydrogen-bond donors (Lipinski definition) is 1. The van der Waals surface area contributed by atoms with Crippen molar-refractivity contribution >= 4 is 64.0 Å². The molecule has 0 bridgehead atoms. The largest absolute Gasteiger partial charge is 0.392 e. The van der Waals surface area contributed by atoms with E-state index in [1.165, 1.54) is 0 Å². The van der Waals surface area contributed by atoms with Gasteiger partial charge in [0.25, 0.3) is 0 Å². The van der Waals surface area contributed by atoms with Crippen LogP contribution < -0.4 is 0 Å². The van der Waals surface area contributed by atoms with Gasteiger partial charge < -0.3 is 5.11 Å². The Kier molecular flexibility index (Phi) is 10.7. The maximum absolute atomic E-state index is 9.09. The first-order valence-corrected chi connectivity index (χ1v) is 13.1. The number of aromatic nitrogens is 2. The normalized spacial score (nSPS) is 10.0. The van der Waals surface area contributed by atoms with Crippen molar-refractivity contribution in [1.29, 1.82) is 10.5 Å². The van der Waals surface area contributed by atoms with Gasteiger partial charge in [0.1, 0.15) is 12.1 Å². The molecule has 0 aliphatic heterocycles. The van der Waals surface area contributed by atoms with Crippen LogP contribution in [0.2, 0.25) is 0 Å². The van der Waals surface area contributed by atoms with Crippen LogP contribution in [0, 0.1) is 36.5 Å². The van der Waals surface area contributed by atoms with Crippen molar-refractivity contribution < 1.29 is 9.32 Å². The summed E-state index contributed by atoms with van der Waals surface area (Å²) >= 11 is 5.77. The Bertz CT molecular complexity index is 1320. The van der Waals surface area contributed by atoms with Gasteiger partial charge in [0.15, 0.2) is 0 Å². The summed E-state index contributed by atoms with van der Waals surface area (Å²) in [5.74, 6) is 0.415. The average Bonchev–Trinajstić information content (AvgIpc) is 2.81. The van der Waals surface area contributed by atoms with Crippen LogP contribution in [0.15, 0.2) is 48.8 Å². The molecule has 0 aliphatic carbocycles. The van der Waals surface area contributed by atoms with Crippen molar-refractivity contribution in [3.8, 4) is 12.1 Å². The Morgan fingerprint density at radius 3 is 1.65 bits per heavy atom. The molecule has 0 spiro atoms. The van der Waals surface area contributed by atoms with E-state index in [0.29, 0.717) is 22.5 Å². The van der Waals surface area contributed by atoms with E-state index < -0.39 is 9.23 Å². The van der Waals surface area contributed by atoms with E-state index in [4.69, 9.17) is 31.4 Å². The Balaban J connectivity index is 0.000000208. The number of alkyl halides is 1. The molecule has 0 unspecified atom stereocenters. The van der Waals surface area contributed by atoms with Crippen molar-refractivity contribution in [2.75, 3.05) is 0 Å². The van der Waals surface area contributed by atoms with Gasteiger partial charge in [0, 0.05) is 50.4 Å². The fourth-order valence-electron chi connectivity index (χ4n) is 3.18. The molecule has 10 heteroatoms. The van der Waals surface area contributed by atoms with Crippen molar-refractivity contribution in [3.05, 3.63) is 82.2 Å². The smallest absolute Gasteiger partial charge is 0.211 e. The first-order valence-electron chi connectivity index (χ1n) is 9.72. The van der Waals surface area contributed by atoms with Crippen molar-refractivity contribution in [2.45, 2.75) is 26.3 Å². The lowest BCUT2D eigenvalue weighted by atomic mass is 10.1. The van der Waals surface area contributed by atoms with Gasteiger partial charge >= 0.3 is 0 Å². The molecule has 1 N–H and O–H groups in total. The second kappa shape index (κ2) is 13.2. The van der Waals surface area contributed by atoms with Crippen LogP contribution in [-0.4, -0.2) is 19.3 Å². The van der Waals surface area contributed by atoms with Gasteiger partial charge in [0.2, 0.25) is 9.23 Å². The highest BCUT2D eigenvalue weighted by Crippen LogP contribution is 2.21. The molecule has 0 radical (unpaired) electrons. The molecular formula is C24H19Cl3N4O2S. The fraction of sp³-hybridized carbons (Fsp3) is 0.167. The van der Waals surface area contributed by atoms with Crippen LogP contribution in [0.3, 0.4) is 0 Å². The Hall–Kier alpha value is -2.78. The number of aliphatic hydroxyl groups is 1. The van der Waals surface area contributed by atoms with Gasteiger partial charge in [-0.25, -0.2) is 4.21 Å². The number of nitriles is 2. The maximum atomic E-state index is 9.09. The lowest BCUT2D eigenvalue weighted by molar-refractivity contribution is 0.282. The predicted octanol–water partition coefficient (Wildman–Crippen LogP) is 6.10. The van der Waals surface area contributed by atoms with Crippen LogP contribution in [0.1, 0.15) is 33.4 Å². The van der Waals surface area contributed by atoms with Gasteiger partial charge in [-0.1, -0.05) is 0 Å². The topological polar surface area (TPSA) is 111 Å². The predicted molar refractivity (Wildman–Crippen MR) is 138 cm³/mol. The second-order valence-electron chi connectivity index (χ2n) is 7.16. The van der Waals surface area contributed by atoms with E-state index >= 15 is 0 Å². The Morgan fingerprint density at radius 2 is 1.26 bits per heavy atom. The Labute approximate surface area is 213 Å². The molecule has 2 aromatic heterocycles. The number of aliphatic hydroxyl groups excluding tert-OH is 1. The third-order valence-electron chi connectivity index (χ3n) is 4.54. The summed E-state index contributed by atoms with van der Waals surface area (Å²) < 4.78 is 9.09. The summed E-state index contributed by atoms with van der Waals surface area (Å²) in [5, 5.41) is 28.9. The van der Waals surface area contributed by atoms with Crippen molar-refractivity contribution in [1.82, 2.24) is 9.97 Å². The van der Waals surface area contributed by atoms with Gasteiger partial charge in [0.05, 0.1) is 28.8 Å². The molecule has 2 aromatic carbocycles. The highest BCUT2D eigenvalue weighted by molar-refractivity contribution is 8.26. The molecule has 0 fully saturated rings. The van der Waals surface area contributed by atoms with E-state index in [-0.39, 0.29) is 6.61 Å². The molecule has 0 atom stereocenters. The molecule has 0 amide bonds. The standard InChI is InChI=1S/C12H9ClN2.C12H10N2O.Cl2OS/c1-8-2-10-3-9(5-13)4-11(6-14)12(10)15-7-8;1-8-2-10-3-9(7-15)4-11(5-13)12(10)14-6-8;1-4(2)3/h2-4,7H,5H2,1H3;2-4,6,15H,7H2,1H3;. The molecule has 174 valence electrons. The van der Waals surface area contributed by atoms with E-state index in [9.17, 15) is 0 Å². The number of nitrogens with zero attached hydrogens (tertiary/aromatic N) is 4. The van der Waals surface area contributed by atoms with Crippen LogP contribution >= 0.6 is 33.0 Å². The number of hydrogen-bond acceptors (Lipinski definition) is 6. The number of rotatable bonds is 2. The zero-order chi connectivity index (χ0) is 25.3. The molecule has 0 saturated carbocycles. The van der Waals surface area contributed by atoms with E-state index in [0.717, 1.165) is 38.5 Å². The first-order chi connectivity index (χ1) is 16.2. The third kappa shape index (κ3) is 7.63. The second-order valence-corrected chi connectivity index (χ2v) is 9.95. The highest BCUT2D eigenvalue weighted by Gasteiger charge is 2.05. The highest BCUT2D eigenvalue weighted by atomic mass is 36.0.